The summed E-state index contributed by atoms with van der Waals surface area (Å²) in [4.78, 5) is 0.249. The zero-order valence-electron chi connectivity index (χ0n) is 11.9. The first-order valence-electron chi connectivity index (χ1n) is 6.84. The Morgan fingerprint density at radius 3 is 2.95 bits per heavy atom. The Bertz CT molecular complexity index is 535. The van der Waals surface area contributed by atoms with Crippen molar-refractivity contribution in [2.45, 2.75) is 43.7 Å². The lowest BCUT2D eigenvalue weighted by Gasteiger charge is -2.11. The molecule has 0 amide bonds. The summed E-state index contributed by atoms with van der Waals surface area (Å²) in [7, 11) is -1.78. The lowest BCUT2D eigenvalue weighted by atomic mass is 10.2. The second kappa shape index (κ2) is 6.66. The fraction of sp³-hybridized carbons (Fsp3) is 0.750. The monoisotopic (exact) mass is 302 g/mol. The van der Waals surface area contributed by atoms with Gasteiger partial charge >= 0.3 is 0 Å². The van der Waals surface area contributed by atoms with E-state index in [0.29, 0.717) is 30.9 Å². The number of aromatic amines is 1. The maximum absolute atomic E-state index is 12.3. The molecular weight excluding hydrogens is 280 g/mol. The van der Waals surface area contributed by atoms with Gasteiger partial charge in [0.1, 0.15) is 4.90 Å². The molecule has 3 N–H and O–H groups in total. The highest BCUT2D eigenvalue weighted by Gasteiger charge is 2.24. The van der Waals surface area contributed by atoms with Gasteiger partial charge in [-0.05, 0) is 33.2 Å². The van der Waals surface area contributed by atoms with E-state index in [1.54, 1.807) is 14.0 Å². The number of sulfonamides is 1. The number of H-pyrrole nitrogens is 1. The molecule has 8 heteroatoms. The van der Waals surface area contributed by atoms with Crippen LogP contribution in [0.15, 0.2) is 4.90 Å². The van der Waals surface area contributed by atoms with Gasteiger partial charge in [0.25, 0.3) is 0 Å². The van der Waals surface area contributed by atoms with Gasteiger partial charge < -0.3 is 10.1 Å². The maximum atomic E-state index is 12.3. The average molecular weight is 302 g/mol. The molecule has 2 heterocycles. The summed E-state index contributed by atoms with van der Waals surface area (Å²) >= 11 is 0. The van der Waals surface area contributed by atoms with Crippen LogP contribution in [0.25, 0.3) is 0 Å². The summed E-state index contributed by atoms with van der Waals surface area (Å²) in [6, 6.07) is 0. The van der Waals surface area contributed by atoms with Crippen molar-refractivity contribution in [2.75, 3.05) is 20.2 Å². The number of nitrogens with zero attached hydrogens (tertiary/aromatic N) is 1. The third kappa shape index (κ3) is 3.57. The van der Waals surface area contributed by atoms with Crippen molar-refractivity contribution >= 4 is 10.0 Å². The number of hydrogen-bond acceptors (Lipinski definition) is 5. The molecular formula is C12H22N4O3S. The van der Waals surface area contributed by atoms with E-state index in [1.165, 1.54) is 0 Å². The molecule has 0 radical (unpaired) electrons. The smallest absolute Gasteiger partial charge is 0.244 e. The van der Waals surface area contributed by atoms with Gasteiger partial charge in [-0.2, -0.15) is 5.10 Å². The Labute approximate surface area is 119 Å². The van der Waals surface area contributed by atoms with Crippen molar-refractivity contribution < 1.29 is 13.2 Å². The summed E-state index contributed by atoms with van der Waals surface area (Å²) in [5, 5.41) is 9.67. The van der Waals surface area contributed by atoms with E-state index in [2.05, 4.69) is 20.2 Å². The minimum atomic E-state index is -3.53. The Hall–Kier alpha value is -0.960. The average Bonchev–Trinajstić information content (AvgIpc) is 3.00. The van der Waals surface area contributed by atoms with Gasteiger partial charge in [-0.3, -0.25) is 5.10 Å². The fourth-order valence-electron chi connectivity index (χ4n) is 2.41. The van der Waals surface area contributed by atoms with Gasteiger partial charge in [0.05, 0.1) is 17.5 Å². The Morgan fingerprint density at radius 2 is 2.30 bits per heavy atom. The van der Waals surface area contributed by atoms with Crippen LogP contribution in [0.2, 0.25) is 0 Å². The standard InChI is InChI=1S/C12H22N4O3S/c1-9-12(11(8-13-2)16-15-9)20(17,18)14-6-5-10-4-3-7-19-10/h10,13-14H,3-8H2,1-2H3,(H,15,16). The van der Waals surface area contributed by atoms with E-state index >= 15 is 0 Å². The summed E-state index contributed by atoms with van der Waals surface area (Å²) in [5.74, 6) is 0. The van der Waals surface area contributed by atoms with Crippen LogP contribution in [0.4, 0.5) is 0 Å². The van der Waals surface area contributed by atoms with Crippen LogP contribution >= 0.6 is 0 Å². The zero-order chi connectivity index (χ0) is 14.6. The minimum absolute atomic E-state index is 0.180. The Kier molecular flexibility index (Phi) is 5.14. The molecule has 7 nitrogen and oxygen atoms in total. The number of nitrogens with one attached hydrogen (secondary N) is 3. The molecule has 20 heavy (non-hydrogen) atoms. The van der Waals surface area contributed by atoms with Gasteiger partial charge in [-0.25, -0.2) is 13.1 Å². The van der Waals surface area contributed by atoms with E-state index < -0.39 is 10.0 Å². The molecule has 1 aromatic rings. The van der Waals surface area contributed by atoms with E-state index in [-0.39, 0.29) is 11.0 Å². The molecule has 1 atom stereocenters. The molecule has 1 fully saturated rings. The van der Waals surface area contributed by atoms with E-state index in [1.807, 2.05) is 0 Å². The van der Waals surface area contributed by atoms with Gasteiger partial charge in [0.15, 0.2) is 0 Å². The third-order valence-corrected chi connectivity index (χ3v) is 5.02. The Morgan fingerprint density at radius 1 is 1.50 bits per heavy atom. The number of hydrogen-bond donors (Lipinski definition) is 3. The topological polar surface area (TPSA) is 96.1 Å². The molecule has 1 saturated heterocycles. The first-order chi connectivity index (χ1) is 9.54. The van der Waals surface area contributed by atoms with Crippen LogP contribution in [0.5, 0.6) is 0 Å². The van der Waals surface area contributed by atoms with Gasteiger partial charge in [-0.1, -0.05) is 0 Å². The lowest BCUT2D eigenvalue weighted by molar-refractivity contribution is 0.105. The quantitative estimate of drug-likeness (QED) is 0.672. The molecule has 1 aliphatic heterocycles. The molecule has 0 saturated carbocycles. The van der Waals surface area contributed by atoms with Crippen LogP contribution in [0.1, 0.15) is 30.7 Å². The molecule has 0 aromatic carbocycles. The highest BCUT2D eigenvalue weighted by atomic mass is 32.2. The van der Waals surface area contributed by atoms with Crippen LogP contribution in [-0.4, -0.2) is 44.9 Å². The molecule has 0 aliphatic carbocycles. The van der Waals surface area contributed by atoms with Crippen LogP contribution in [0.3, 0.4) is 0 Å². The second-order valence-corrected chi connectivity index (χ2v) is 6.68. The molecule has 114 valence electrons. The molecule has 1 aromatic heterocycles. The Balaban J connectivity index is 2.00. The summed E-state index contributed by atoms with van der Waals surface area (Å²) in [6.07, 6.45) is 2.96. The largest absolute Gasteiger partial charge is 0.378 e. The van der Waals surface area contributed by atoms with Crippen molar-refractivity contribution in [3.05, 3.63) is 11.4 Å². The van der Waals surface area contributed by atoms with Crippen LogP contribution < -0.4 is 10.0 Å². The van der Waals surface area contributed by atoms with E-state index in [0.717, 1.165) is 19.4 Å². The molecule has 0 bridgehead atoms. The number of ether oxygens (including phenoxy) is 1. The van der Waals surface area contributed by atoms with E-state index in [9.17, 15) is 8.42 Å². The lowest BCUT2D eigenvalue weighted by Crippen LogP contribution is -2.28. The highest BCUT2D eigenvalue weighted by Crippen LogP contribution is 2.18. The SMILES string of the molecule is CNCc1n[nH]c(C)c1S(=O)(=O)NCCC1CCCO1. The fourth-order valence-corrected chi connectivity index (χ4v) is 3.82. The van der Waals surface area contributed by atoms with Crippen molar-refractivity contribution in [2.24, 2.45) is 0 Å². The third-order valence-electron chi connectivity index (χ3n) is 3.36. The minimum Gasteiger partial charge on any atom is -0.378 e. The summed E-state index contributed by atoms with van der Waals surface area (Å²) in [5.41, 5.74) is 1.06. The van der Waals surface area contributed by atoms with Crippen molar-refractivity contribution in [3.8, 4) is 0 Å². The van der Waals surface area contributed by atoms with Gasteiger partial charge in [0, 0.05) is 19.7 Å². The number of aromatic nitrogens is 2. The normalized spacial score (nSPS) is 19.6. The van der Waals surface area contributed by atoms with Crippen LogP contribution in [-0.2, 0) is 21.3 Å². The van der Waals surface area contributed by atoms with Gasteiger partial charge in [0.2, 0.25) is 10.0 Å². The predicted octanol–water partition coefficient (Wildman–Crippen LogP) is 0.285. The summed E-state index contributed by atoms with van der Waals surface area (Å²) < 4.78 is 32.8. The first-order valence-corrected chi connectivity index (χ1v) is 8.32. The zero-order valence-corrected chi connectivity index (χ0v) is 12.7. The van der Waals surface area contributed by atoms with E-state index in [4.69, 9.17) is 4.74 Å². The first kappa shape index (κ1) is 15.4. The van der Waals surface area contributed by atoms with Crippen molar-refractivity contribution in [1.29, 1.82) is 0 Å². The van der Waals surface area contributed by atoms with Crippen molar-refractivity contribution in [3.63, 3.8) is 0 Å². The number of aryl methyl sites for hydroxylation is 1. The maximum Gasteiger partial charge on any atom is 0.244 e. The molecule has 0 spiro atoms. The summed E-state index contributed by atoms with van der Waals surface area (Å²) in [6.45, 7) is 3.29. The van der Waals surface area contributed by atoms with Crippen LogP contribution in [0, 0.1) is 6.92 Å². The van der Waals surface area contributed by atoms with Gasteiger partial charge in [-0.15, -0.1) is 0 Å². The highest BCUT2D eigenvalue weighted by molar-refractivity contribution is 7.89. The number of rotatable bonds is 7. The molecule has 2 rings (SSSR count). The second-order valence-electron chi connectivity index (χ2n) is 4.98. The molecule has 1 unspecified atom stereocenters. The molecule has 1 aliphatic rings. The predicted molar refractivity (Wildman–Crippen MR) is 74.9 cm³/mol. The van der Waals surface area contributed by atoms with Crippen molar-refractivity contribution in [1.82, 2.24) is 20.2 Å².